The molecule has 0 bridgehead atoms. The third-order valence-corrected chi connectivity index (χ3v) is 3.02. The summed E-state index contributed by atoms with van der Waals surface area (Å²) in [7, 11) is 0. The molecule has 1 saturated heterocycles. The molecule has 9 heteroatoms. The maximum absolute atomic E-state index is 11.7. The molecule has 0 aliphatic carbocycles. The minimum Gasteiger partial charge on any atom is -0.394 e. The van der Waals surface area contributed by atoms with Crippen LogP contribution in [-0.2, 0) is 11.3 Å². The smallest absolute Gasteiger partial charge is 0.351 e. The summed E-state index contributed by atoms with van der Waals surface area (Å²) in [5.74, 6) is 0.0139. The highest BCUT2D eigenvalue weighted by Gasteiger charge is 2.35. The first-order chi connectivity index (χ1) is 9.06. The molecule has 0 saturated carbocycles. The van der Waals surface area contributed by atoms with Gasteiger partial charge in [-0.2, -0.15) is 4.98 Å². The van der Waals surface area contributed by atoms with Crippen molar-refractivity contribution in [3.05, 3.63) is 22.2 Å². The number of nitrogens with zero attached hydrogens (tertiary/aromatic N) is 2. The molecule has 106 valence electrons. The lowest BCUT2D eigenvalue weighted by atomic mass is 10.2. The van der Waals surface area contributed by atoms with Gasteiger partial charge < -0.3 is 25.9 Å². The Balaban J connectivity index is 2.30. The van der Waals surface area contributed by atoms with E-state index in [9.17, 15) is 9.90 Å². The SMILES string of the molecule is Nc1nc(=O)n([C@H]2C[C@H](O)[C@@H](CO)O2)cc1CNO. The lowest BCUT2D eigenvalue weighted by Crippen LogP contribution is -2.29. The molecule has 2 rings (SSSR count). The van der Waals surface area contributed by atoms with Gasteiger partial charge in [0.15, 0.2) is 0 Å². The van der Waals surface area contributed by atoms with Crippen LogP contribution in [0.2, 0.25) is 0 Å². The van der Waals surface area contributed by atoms with E-state index in [4.69, 9.17) is 20.8 Å². The first-order valence-electron chi connectivity index (χ1n) is 5.75. The number of hydrogen-bond acceptors (Lipinski definition) is 8. The average molecular weight is 272 g/mol. The number of ether oxygens (including phenoxy) is 1. The van der Waals surface area contributed by atoms with Gasteiger partial charge in [-0.25, -0.2) is 10.3 Å². The number of nitrogen functional groups attached to an aromatic ring is 1. The maximum Gasteiger partial charge on any atom is 0.351 e. The van der Waals surface area contributed by atoms with Crippen molar-refractivity contribution in [1.82, 2.24) is 15.0 Å². The van der Waals surface area contributed by atoms with E-state index in [1.54, 1.807) is 0 Å². The van der Waals surface area contributed by atoms with Gasteiger partial charge in [-0.05, 0) is 0 Å². The number of aliphatic hydroxyl groups excluding tert-OH is 2. The fourth-order valence-electron chi connectivity index (χ4n) is 2.00. The Hall–Kier alpha value is -1.52. The van der Waals surface area contributed by atoms with E-state index in [0.717, 1.165) is 0 Å². The minimum atomic E-state index is -0.848. The first-order valence-corrected chi connectivity index (χ1v) is 5.75. The van der Waals surface area contributed by atoms with Crippen molar-refractivity contribution in [1.29, 1.82) is 0 Å². The quantitative estimate of drug-likeness (QED) is 0.394. The highest BCUT2D eigenvalue weighted by atomic mass is 16.5. The molecular weight excluding hydrogens is 256 g/mol. The monoisotopic (exact) mass is 272 g/mol. The molecule has 1 aromatic rings. The van der Waals surface area contributed by atoms with Crippen LogP contribution < -0.4 is 16.9 Å². The van der Waals surface area contributed by atoms with E-state index in [1.165, 1.54) is 10.8 Å². The zero-order valence-corrected chi connectivity index (χ0v) is 10.1. The topological polar surface area (TPSA) is 143 Å². The summed E-state index contributed by atoms with van der Waals surface area (Å²) in [6.45, 7) is -0.308. The summed E-state index contributed by atoms with van der Waals surface area (Å²) in [6.07, 6.45) is -0.716. The van der Waals surface area contributed by atoms with Crippen LogP contribution in [0.3, 0.4) is 0 Å². The number of nitrogens with one attached hydrogen (secondary N) is 1. The second-order valence-electron chi connectivity index (χ2n) is 4.29. The number of hydrogen-bond donors (Lipinski definition) is 5. The van der Waals surface area contributed by atoms with Crippen LogP contribution in [0.15, 0.2) is 11.0 Å². The van der Waals surface area contributed by atoms with Gasteiger partial charge in [-0.15, -0.1) is 0 Å². The van der Waals surface area contributed by atoms with Crippen LogP contribution in [0, 0.1) is 0 Å². The van der Waals surface area contributed by atoms with Gasteiger partial charge in [-0.1, -0.05) is 0 Å². The number of rotatable bonds is 4. The normalized spacial score (nSPS) is 26.8. The van der Waals surface area contributed by atoms with E-state index in [0.29, 0.717) is 5.56 Å². The average Bonchev–Trinajstić information content (AvgIpc) is 2.74. The third-order valence-electron chi connectivity index (χ3n) is 3.02. The fraction of sp³-hybridized carbons (Fsp3) is 0.600. The molecule has 0 amide bonds. The fourth-order valence-corrected chi connectivity index (χ4v) is 2.00. The molecule has 1 aliphatic rings. The second kappa shape index (κ2) is 5.63. The number of anilines is 1. The van der Waals surface area contributed by atoms with Crippen molar-refractivity contribution in [2.75, 3.05) is 12.3 Å². The molecule has 9 nitrogen and oxygen atoms in total. The molecule has 0 spiro atoms. The van der Waals surface area contributed by atoms with E-state index in [2.05, 4.69) is 4.98 Å². The molecule has 1 fully saturated rings. The van der Waals surface area contributed by atoms with E-state index >= 15 is 0 Å². The van der Waals surface area contributed by atoms with Crippen molar-refractivity contribution in [3.8, 4) is 0 Å². The summed E-state index contributed by atoms with van der Waals surface area (Å²) in [4.78, 5) is 15.4. The lowest BCUT2D eigenvalue weighted by molar-refractivity contribution is -0.0459. The van der Waals surface area contributed by atoms with E-state index in [-0.39, 0.29) is 25.4 Å². The summed E-state index contributed by atoms with van der Waals surface area (Å²) in [6, 6.07) is 0. The zero-order chi connectivity index (χ0) is 14.0. The predicted octanol–water partition coefficient (Wildman–Crippen LogP) is -2.05. The number of aromatic nitrogens is 2. The molecule has 2 heterocycles. The van der Waals surface area contributed by atoms with Gasteiger partial charge >= 0.3 is 5.69 Å². The highest BCUT2D eigenvalue weighted by molar-refractivity contribution is 5.36. The maximum atomic E-state index is 11.7. The Bertz CT molecular complexity index is 505. The Labute approximate surface area is 108 Å². The molecular formula is C10H16N4O5. The Morgan fingerprint density at radius 1 is 1.63 bits per heavy atom. The van der Waals surface area contributed by atoms with E-state index in [1.807, 2.05) is 5.48 Å². The molecule has 3 atom stereocenters. The summed E-state index contributed by atoms with van der Waals surface area (Å²) in [5.41, 5.74) is 7.28. The van der Waals surface area contributed by atoms with E-state index < -0.39 is 24.1 Å². The third kappa shape index (κ3) is 2.74. The molecule has 6 N–H and O–H groups in total. The molecule has 0 radical (unpaired) electrons. The molecule has 1 aromatic heterocycles. The molecule has 0 unspecified atom stereocenters. The van der Waals surface area contributed by atoms with Crippen LogP contribution in [0.4, 0.5) is 5.82 Å². The standard InChI is InChI=1S/C10H16N4O5/c11-9-5(2-12-18)3-14(10(17)13-9)8-1-6(16)7(4-15)19-8/h3,6-8,12,15-16,18H,1-2,4H2,(H2,11,13,17)/t6-,7+,8+/m0/s1. The van der Waals surface area contributed by atoms with Crippen molar-refractivity contribution < 1.29 is 20.2 Å². The number of hydroxylamine groups is 1. The Kier molecular flexibility index (Phi) is 4.12. The van der Waals surface area contributed by atoms with Crippen LogP contribution in [0.5, 0.6) is 0 Å². The molecule has 1 aliphatic heterocycles. The second-order valence-corrected chi connectivity index (χ2v) is 4.29. The van der Waals surface area contributed by atoms with Crippen LogP contribution in [0.25, 0.3) is 0 Å². The van der Waals surface area contributed by atoms with Gasteiger partial charge in [0.1, 0.15) is 18.1 Å². The van der Waals surface area contributed by atoms with Crippen LogP contribution in [0.1, 0.15) is 18.2 Å². The highest BCUT2D eigenvalue weighted by Crippen LogP contribution is 2.27. The summed E-state index contributed by atoms with van der Waals surface area (Å²) >= 11 is 0. The number of nitrogens with two attached hydrogens (primary N) is 1. The van der Waals surface area contributed by atoms with Gasteiger partial charge in [0, 0.05) is 18.2 Å². The molecule has 19 heavy (non-hydrogen) atoms. The van der Waals surface area contributed by atoms with Gasteiger partial charge in [0.2, 0.25) is 0 Å². The summed E-state index contributed by atoms with van der Waals surface area (Å²) in [5, 5.41) is 27.3. The van der Waals surface area contributed by atoms with Gasteiger partial charge in [0.05, 0.1) is 19.3 Å². The Morgan fingerprint density at radius 3 is 2.95 bits per heavy atom. The van der Waals surface area contributed by atoms with Gasteiger partial charge in [0.25, 0.3) is 0 Å². The van der Waals surface area contributed by atoms with Crippen molar-refractivity contribution in [2.45, 2.75) is 31.4 Å². The predicted molar refractivity (Wildman–Crippen MR) is 63.2 cm³/mol. The number of aliphatic hydroxyl groups is 2. The van der Waals surface area contributed by atoms with Crippen molar-refractivity contribution in [3.63, 3.8) is 0 Å². The van der Waals surface area contributed by atoms with Crippen LogP contribution >= 0.6 is 0 Å². The van der Waals surface area contributed by atoms with Crippen molar-refractivity contribution >= 4 is 5.82 Å². The largest absolute Gasteiger partial charge is 0.394 e. The van der Waals surface area contributed by atoms with Gasteiger partial charge in [-0.3, -0.25) is 4.57 Å². The minimum absolute atomic E-state index is 0.0139. The zero-order valence-electron chi connectivity index (χ0n) is 10.1. The summed E-state index contributed by atoms with van der Waals surface area (Å²) < 4.78 is 6.54. The first kappa shape index (κ1) is 13.9. The molecule has 0 aromatic carbocycles. The van der Waals surface area contributed by atoms with Crippen molar-refractivity contribution in [2.24, 2.45) is 0 Å². The lowest BCUT2D eigenvalue weighted by Gasteiger charge is -2.16. The Morgan fingerprint density at radius 2 is 2.37 bits per heavy atom. The van der Waals surface area contributed by atoms with Crippen LogP contribution in [-0.4, -0.2) is 43.8 Å².